The van der Waals surface area contributed by atoms with Crippen molar-refractivity contribution >= 4 is 22.7 Å². The second-order valence-corrected chi connectivity index (χ2v) is 19.5. The van der Waals surface area contributed by atoms with E-state index in [1.807, 2.05) is 24.3 Å². The molecule has 0 bridgehead atoms. The number of allylic oxidation sites excluding steroid dienone is 10. The number of benzene rings is 8. The minimum absolute atomic E-state index is 0.0920. The summed E-state index contributed by atoms with van der Waals surface area (Å²) in [6.45, 7) is 8.46. The van der Waals surface area contributed by atoms with E-state index < -0.39 is 0 Å². The highest BCUT2D eigenvalue weighted by atomic mass is 19.1. The van der Waals surface area contributed by atoms with Crippen molar-refractivity contribution in [3.8, 4) is 44.5 Å². The van der Waals surface area contributed by atoms with Crippen LogP contribution in [0.2, 0.25) is 0 Å². The molecule has 4 aliphatic rings. The first kappa shape index (κ1) is 44.6. The molecule has 0 radical (unpaired) electrons. The van der Waals surface area contributed by atoms with Gasteiger partial charge in [-0.1, -0.05) is 174 Å². The minimum Gasteiger partial charge on any atom is -0.330 e. The zero-order valence-corrected chi connectivity index (χ0v) is 40.7. The minimum atomic E-state index is -0.287. The summed E-state index contributed by atoms with van der Waals surface area (Å²) in [4.78, 5) is 4.70. The Hall–Kier alpha value is -8.60. The van der Waals surface area contributed by atoms with Gasteiger partial charge in [-0.25, -0.2) is 8.78 Å². The maximum absolute atomic E-state index is 14.9. The average Bonchev–Trinajstić information content (AvgIpc) is 3.41. The van der Waals surface area contributed by atoms with Crippen LogP contribution in [0.25, 0.3) is 44.5 Å². The lowest BCUT2D eigenvalue weighted by Crippen LogP contribution is -2.37. The standard InChI is InChI=1S/C68H52F2N2/c1-43-5-13-47(14-6-43)53-25-39-65(61(41-53)49-17-9-45(3)10-18-49)71(57-31-27-55(69)28-32-57)63-37-23-51-22-36-60-64(38-24-52-21-35-59(63)67(51)68(52)60)72(58-33-29-56(70)30-34-58)66-40-26-54(48-15-7-44(2)8-16-48)42-62(66)50-19-11-46(4)12-20-50/h5-42,63,68H,1-4H3. The van der Waals surface area contributed by atoms with E-state index in [1.54, 1.807) is 24.3 Å². The molecule has 4 aliphatic carbocycles. The van der Waals surface area contributed by atoms with Crippen LogP contribution in [0.4, 0.5) is 31.5 Å². The van der Waals surface area contributed by atoms with Crippen LogP contribution in [0.15, 0.2) is 264 Å². The van der Waals surface area contributed by atoms with E-state index in [0.717, 1.165) is 84.1 Å². The van der Waals surface area contributed by atoms with E-state index >= 15 is 0 Å². The maximum atomic E-state index is 14.9. The number of hydrogen-bond donors (Lipinski definition) is 0. The van der Waals surface area contributed by atoms with E-state index in [2.05, 4.69) is 220 Å². The van der Waals surface area contributed by atoms with Crippen molar-refractivity contribution in [3.63, 3.8) is 0 Å². The Labute approximate surface area is 421 Å². The third kappa shape index (κ3) is 8.19. The molecule has 72 heavy (non-hydrogen) atoms. The van der Waals surface area contributed by atoms with Crippen LogP contribution in [0.1, 0.15) is 22.3 Å². The normalized spacial score (nSPS) is 16.4. The molecule has 0 saturated carbocycles. The molecule has 2 nitrogen and oxygen atoms in total. The fourth-order valence-electron chi connectivity index (χ4n) is 10.8. The van der Waals surface area contributed by atoms with Crippen LogP contribution >= 0.6 is 0 Å². The summed E-state index contributed by atoms with van der Waals surface area (Å²) >= 11 is 0. The van der Waals surface area contributed by atoms with Crippen molar-refractivity contribution in [2.45, 2.75) is 33.7 Å². The summed E-state index contributed by atoms with van der Waals surface area (Å²) in [5.74, 6) is -0.661. The fraction of sp³-hybridized carbons (Fsp3) is 0.0882. The largest absolute Gasteiger partial charge is 0.330 e. The second-order valence-electron chi connectivity index (χ2n) is 19.5. The van der Waals surface area contributed by atoms with E-state index in [9.17, 15) is 8.78 Å². The summed E-state index contributed by atoms with van der Waals surface area (Å²) in [5, 5.41) is 0. The maximum Gasteiger partial charge on any atom is 0.123 e. The molecule has 0 saturated heterocycles. The van der Waals surface area contributed by atoms with Crippen LogP contribution in [0.5, 0.6) is 0 Å². The molecule has 0 heterocycles. The number of nitrogens with zero attached hydrogens (tertiary/aromatic N) is 2. The van der Waals surface area contributed by atoms with Crippen molar-refractivity contribution in [2.24, 2.45) is 5.92 Å². The fourth-order valence-corrected chi connectivity index (χ4v) is 10.8. The van der Waals surface area contributed by atoms with E-state index in [-0.39, 0.29) is 23.6 Å². The van der Waals surface area contributed by atoms with Crippen molar-refractivity contribution in [3.05, 3.63) is 298 Å². The monoisotopic (exact) mass is 934 g/mol. The SMILES string of the molecule is Cc1ccc(-c2ccc(N(C3=C4C=CC5=C6C(=CC=C(C=C3)C46)C(N(c3ccc(F)cc3)c3ccc(-c4ccc(C)cc4)cc3-c3ccc(C)cc3)C=C5)c3ccc(F)cc3)c(-c3ccc(C)cc3)c2)cc1. The molecule has 2 unspecified atom stereocenters. The molecule has 0 N–H and O–H groups in total. The third-order valence-electron chi connectivity index (χ3n) is 14.7. The smallest absolute Gasteiger partial charge is 0.123 e. The summed E-state index contributed by atoms with van der Waals surface area (Å²) in [5.41, 5.74) is 24.4. The molecule has 8 aromatic rings. The molecular formula is C68H52F2N2. The van der Waals surface area contributed by atoms with Gasteiger partial charge in [-0.05, 0) is 168 Å². The summed E-state index contributed by atoms with van der Waals surface area (Å²) in [7, 11) is 0. The molecule has 0 amide bonds. The molecule has 8 aromatic carbocycles. The predicted molar refractivity (Wildman–Crippen MR) is 296 cm³/mol. The number of rotatable bonds is 10. The van der Waals surface area contributed by atoms with Crippen molar-refractivity contribution < 1.29 is 8.78 Å². The predicted octanol–water partition coefficient (Wildman–Crippen LogP) is 18.0. The molecule has 4 heteroatoms. The zero-order valence-electron chi connectivity index (χ0n) is 40.7. The Morgan fingerprint density at radius 3 is 1.42 bits per heavy atom. The van der Waals surface area contributed by atoms with Gasteiger partial charge in [-0.2, -0.15) is 0 Å². The topological polar surface area (TPSA) is 6.48 Å². The highest BCUT2D eigenvalue weighted by Crippen LogP contribution is 2.53. The first-order valence-electron chi connectivity index (χ1n) is 24.8. The Bertz CT molecular complexity index is 3640. The lowest BCUT2D eigenvalue weighted by Gasteiger charge is -2.44. The van der Waals surface area contributed by atoms with Crippen LogP contribution < -0.4 is 9.80 Å². The Balaban J connectivity index is 1.01. The van der Waals surface area contributed by atoms with E-state index in [4.69, 9.17) is 0 Å². The first-order chi connectivity index (χ1) is 35.1. The van der Waals surface area contributed by atoms with Gasteiger partial charge in [-0.3, -0.25) is 0 Å². The van der Waals surface area contributed by atoms with Gasteiger partial charge in [0.2, 0.25) is 0 Å². The molecule has 0 fully saturated rings. The molecule has 0 aliphatic heterocycles. The number of halogens is 2. The average molecular weight is 935 g/mol. The van der Waals surface area contributed by atoms with Crippen LogP contribution in [0.3, 0.4) is 0 Å². The number of aryl methyl sites for hydroxylation is 4. The Morgan fingerprint density at radius 1 is 0.403 bits per heavy atom. The first-order valence-corrected chi connectivity index (χ1v) is 24.8. The molecule has 0 aromatic heterocycles. The molecule has 2 atom stereocenters. The lowest BCUT2D eigenvalue weighted by atomic mass is 9.67. The van der Waals surface area contributed by atoms with Gasteiger partial charge in [0, 0.05) is 34.1 Å². The zero-order chi connectivity index (χ0) is 49.0. The quantitative estimate of drug-likeness (QED) is 0.135. The summed E-state index contributed by atoms with van der Waals surface area (Å²) in [6, 6.07) is 61.8. The van der Waals surface area contributed by atoms with Gasteiger partial charge in [-0.15, -0.1) is 0 Å². The summed E-state index contributed by atoms with van der Waals surface area (Å²) in [6.07, 6.45) is 18.2. The van der Waals surface area contributed by atoms with Crippen LogP contribution in [0, 0.1) is 45.2 Å². The van der Waals surface area contributed by atoms with Crippen molar-refractivity contribution in [2.75, 3.05) is 9.80 Å². The molecule has 0 spiro atoms. The van der Waals surface area contributed by atoms with Gasteiger partial charge in [0.05, 0.1) is 17.4 Å². The van der Waals surface area contributed by atoms with Gasteiger partial charge in [0.15, 0.2) is 0 Å². The number of anilines is 4. The Morgan fingerprint density at radius 2 is 0.875 bits per heavy atom. The summed E-state index contributed by atoms with van der Waals surface area (Å²) < 4.78 is 29.8. The Kier molecular flexibility index (Phi) is 11.3. The van der Waals surface area contributed by atoms with Crippen molar-refractivity contribution in [1.82, 2.24) is 0 Å². The molecule has 12 rings (SSSR count). The highest BCUT2D eigenvalue weighted by Gasteiger charge is 2.40. The molecular weight excluding hydrogens is 883 g/mol. The van der Waals surface area contributed by atoms with Gasteiger partial charge in [0.1, 0.15) is 11.6 Å². The lowest BCUT2D eigenvalue weighted by molar-refractivity contribution is 0.627. The van der Waals surface area contributed by atoms with Crippen LogP contribution in [-0.2, 0) is 0 Å². The van der Waals surface area contributed by atoms with Crippen LogP contribution in [-0.4, -0.2) is 6.04 Å². The highest BCUT2D eigenvalue weighted by molar-refractivity contribution is 5.91. The van der Waals surface area contributed by atoms with Gasteiger partial charge < -0.3 is 9.80 Å². The second kappa shape index (κ2) is 18.3. The van der Waals surface area contributed by atoms with E-state index in [1.165, 1.54) is 39.0 Å². The van der Waals surface area contributed by atoms with Crippen molar-refractivity contribution in [1.29, 1.82) is 0 Å². The third-order valence-corrected chi connectivity index (χ3v) is 14.7. The van der Waals surface area contributed by atoms with E-state index in [0.29, 0.717) is 0 Å². The van der Waals surface area contributed by atoms with Gasteiger partial charge in [0.25, 0.3) is 0 Å². The molecule has 348 valence electrons. The number of hydrogen-bond acceptors (Lipinski definition) is 2. The van der Waals surface area contributed by atoms with Gasteiger partial charge >= 0.3 is 0 Å².